The Morgan fingerprint density at radius 3 is 1.50 bits per heavy atom. The van der Waals surface area contributed by atoms with E-state index < -0.39 is 5.60 Å². The standard InChI is InChI=1S/C14H17NO3.C13H19NO.C10H19NO3.C8H11N.3F2.2FH/c1-10(11-6-4-3-5-7-11)15-9-12(8-13(15)16)14(17)18-2;1-11(13-5-3-2-4-6-13)14-8-7-12(9-14)10-15;1-10(2,3)14-9(13)11-5-4-8(6-11)7-12;1-7(9)8-5-3-2-4-6-8;3*1-2;;/h3-7,10,12H,8-9H2,1-2H3;2-6,11-12,15H,7-10H2,1H3;8,12H,4-7H2,1-3H3;2-7H,9H2,1H3;;;;2*1H/t10-,12-;11-,12-;8-;7-;;;;;/m0001...../s1. The number of methoxy groups -OCH3 is 1. The Labute approximate surface area is 371 Å². The summed E-state index contributed by atoms with van der Waals surface area (Å²) in [4.78, 5) is 40.8. The molecule has 3 aliphatic rings. The highest BCUT2D eigenvalue weighted by Gasteiger charge is 2.37. The maximum Gasteiger partial charge on any atom is 0.410 e. The van der Waals surface area contributed by atoms with Crippen LogP contribution in [0.4, 0.5) is 41.6 Å². The summed E-state index contributed by atoms with van der Waals surface area (Å²) in [5.41, 5.74) is 8.82. The van der Waals surface area contributed by atoms with Crippen LogP contribution in [0.25, 0.3) is 0 Å². The minimum atomic E-state index is -0.436. The number of carbonyl (C=O) groups is 3. The molecule has 3 fully saturated rings. The van der Waals surface area contributed by atoms with E-state index in [1.165, 1.54) is 18.2 Å². The average molecular weight is 929 g/mol. The summed E-state index contributed by atoms with van der Waals surface area (Å²) in [6.45, 7) is 16.1. The lowest BCUT2D eigenvalue weighted by Gasteiger charge is -2.25. The number of benzene rings is 3. The van der Waals surface area contributed by atoms with Crippen molar-refractivity contribution in [2.45, 2.75) is 84.5 Å². The molecule has 0 unspecified atom stereocenters. The first-order valence-corrected chi connectivity index (χ1v) is 20.3. The fraction of sp³-hybridized carbons (Fsp3) is 0.533. The second-order valence-electron chi connectivity index (χ2n) is 15.9. The van der Waals surface area contributed by atoms with Crippen molar-refractivity contribution >= 4 is 18.0 Å². The summed E-state index contributed by atoms with van der Waals surface area (Å²) < 4.78 is 57.9. The number of rotatable bonds is 8. The van der Waals surface area contributed by atoms with Gasteiger partial charge in [-0.15, -0.1) is 0 Å². The molecular formula is C45H68F8N4O7. The lowest BCUT2D eigenvalue weighted by molar-refractivity contribution is -0.145. The summed E-state index contributed by atoms with van der Waals surface area (Å²) in [6, 6.07) is 31.1. The number of esters is 1. The molecular weight excluding hydrogens is 861 g/mol. The van der Waals surface area contributed by atoms with Crippen molar-refractivity contribution < 1.29 is 70.9 Å². The van der Waals surface area contributed by atoms with E-state index in [2.05, 4.69) is 42.2 Å². The molecule has 6 rings (SSSR count). The zero-order chi connectivity index (χ0) is 47.3. The van der Waals surface area contributed by atoms with E-state index in [4.69, 9.17) is 52.9 Å². The number of hydrogen-bond donors (Lipinski definition) is 3. The lowest BCUT2D eigenvalue weighted by atomic mass is 10.1. The van der Waals surface area contributed by atoms with Crippen LogP contribution < -0.4 is 5.73 Å². The molecule has 2 amide bonds. The first kappa shape index (κ1) is 63.4. The van der Waals surface area contributed by atoms with E-state index >= 15 is 0 Å². The molecule has 3 aromatic carbocycles. The van der Waals surface area contributed by atoms with Gasteiger partial charge in [0.15, 0.2) is 0 Å². The Hall–Kier alpha value is -4.85. The predicted octanol–water partition coefficient (Wildman–Crippen LogP) is 9.60. The number of aliphatic hydroxyl groups is 2. The van der Waals surface area contributed by atoms with Crippen molar-refractivity contribution in [1.82, 2.24) is 14.7 Å². The van der Waals surface area contributed by atoms with Gasteiger partial charge in [-0.05, 0) is 83.5 Å². The van der Waals surface area contributed by atoms with Gasteiger partial charge >= 0.3 is 12.1 Å². The van der Waals surface area contributed by atoms with Gasteiger partial charge in [-0.2, -0.15) is 0 Å². The van der Waals surface area contributed by atoms with Gasteiger partial charge in [0, 0.05) is 91.3 Å². The van der Waals surface area contributed by atoms with E-state index in [1.807, 2.05) is 95.3 Å². The maximum atomic E-state index is 11.9. The highest BCUT2D eigenvalue weighted by molar-refractivity contribution is 5.87. The fourth-order valence-electron chi connectivity index (χ4n) is 6.88. The zero-order valence-corrected chi connectivity index (χ0v) is 37.6. The topological polar surface area (TPSA) is 146 Å². The molecule has 6 atom stereocenters. The number of hydrogen-bond acceptors (Lipinski definition) is 9. The minimum absolute atomic E-state index is 0. The molecule has 64 heavy (non-hydrogen) atoms. The van der Waals surface area contributed by atoms with Gasteiger partial charge in [0.2, 0.25) is 5.91 Å². The third kappa shape index (κ3) is 23.2. The van der Waals surface area contributed by atoms with Crippen LogP contribution in [-0.2, 0) is 19.1 Å². The van der Waals surface area contributed by atoms with Crippen LogP contribution in [0.1, 0.15) is 95.6 Å². The number of carbonyl (C=O) groups excluding carboxylic acids is 3. The Balaban J connectivity index is -0.000000751. The number of nitrogens with two attached hydrogens (primary N) is 1. The summed E-state index contributed by atoms with van der Waals surface area (Å²) in [7, 11) is 1.36. The smallest absolute Gasteiger partial charge is 0.410 e. The monoisotopic (exact) mass is 928 g/mol. The molecule has 0 spiro atoms. The fourth-order valence-corrected chi connectivity index (χ4v) is 6.88. The molecule has 3 aromatic rings. The summed E-state index contributed by atoms with van der Waals surface area (Å²) in [6.07, 6.45) is 1.99. The number of amides is 2. The van der Waals surface area contributed by atoms with Crippen LogP contribution in [-0.4, -0.2) is 102 Å². The minimum Gasteiger partial charge on any atom is -0.469 e. The summed E-state index contributed by atoms with van der Waals surface area (Å²) >= 11 is 0. The Morgan fingerprint density at radius 1 is 0.703 bits per heavy atom. The number of halogens is 8. The van der Waals surface area contributed by atoms with Crippen molar-refractivity contribution in [3.63, 3.8) is 0 Å². The number of likely N-dealkylation sites (tertiary alicyclic amines) is 3. The first-order valence-electron chi connectivity index (χ1n) is 20.3. The van der Waals surface area contributed by atoms with Crippen LogP contribution in [0.3, 0.4) is 0 Å². The third-order valence-corrected chi connectivity index (χ3v) is 10.4. The molecule has 19 heteroatoms. The summed E-state index contributed by atoms with van der Waals surface area (Å²) in [5.74, 6) is 0.0974. The molecule has 4 N–H and O–H groups in total. The quantitative estimate of drug-likeness (QED) is 0.149. The Morgan fingerprint density at radius 2 is 1.12 bits per heavy atom. The van der Waals surface area contributed by atoms with Crippen LogP contribution in [0.5, 0.6) is 0 Å². The Kier molecular flexibility index (Phi) is 35.2. The van der Waals surface area contributed by atoms with E-state index in [9.17, 15) is 14.4 Å². The number of nitrogens with zero attached hydrogens (tertiary/aromatic N) is 3. The molecule has 0 aromatic heterocycles. The molecule has 3 saturated heterocycles. The highest BCUT2D eigenvalue weighted by Crippen LogP contribution is 2.29. The molecule has 3 heterocycles. The summed E-state index contributed by atoms with van der Waals surface area (Å²) in [5, 5.41) is 18.0. The van der Waals surface area contributed by atoms with E-state index in [0.717, 1.165) is 31.5 Å². The number of aliphatic hydroxyl groups excluding tert-OH is 2. The van der Waals surface area contributed by atoms with E-state index in [0.29, 0.717) is 38.2 Å². The number of ether oxygens (including phenoxy) is 2. The largest absolute Gasteiger partial charge is 0.469 e. The van der Waals surface area contributed by atoms with Crippen molar-refractivity contribution in [2.24, 2.45) is 23.5 Å². The van der Waals surface area contributed by atoms with Crippen molar-refractivity contribution in [2.75, 3.05) is 53.0 Å². The van der Waals surface area contributed by atoms with Gasteiger partial charge in [0.1, 0.15) is 5.60 Å². The van der Waals surface area contributed by atoms with Crippen molar-refractivity contribution in [3.05, 3.63) is 108 Å². The molecule has 0 aliphatic carbocycles. The second-order valence-corrected chi connectivity index (χ2v) is 15.9. The van der Waals surface area contributed by atoms with Crippen molar-refractivity contribution in [1.29, 1.82) is 0 Å². The molecule has 0 saturated carbocycles. The van der Waals surface area contributed by atoms with Gasteiger partial charge < -0.3 is 35.2 Å². The predicted molar refractivity (Wildman–Crippen MR) is 232 cm³/mol. The maximum absolute atomic E-state index is 11.9. The lowest BCUT2D eigenvalue weighted by Crippen LogP contribution is -2.35. The third-order valence-electron chi connectivity index (χ3n) is 10.4. The van der Waals surface area contributed by atoms with E-state index in [-0.39, 0.29) is 64.3 Å². The Bertz CT molecular complexity index is 1620. The van der Waals surface area contributed by atoms with Gasteiger partial charge in [-0.1, -0.05) is 91.0 Å². The van der Waals surface area contributed by atoms with Gasteiger partial charge in [0.05, 0.1) is 19.1 Å². The van der Waals surface area contributed by atoms with Crippen molar-refractivity contribution in [3.8, 4) is 0 Å². The average Bonchev–Trinajstić information content (AvgIpc) is 4.09. The van der Waals surface area contributed by atoms with Gasteiger partial charge in [-0.3, -0.25) is 23.9 Å². The zero-order valence-electron chi connectivity index (χ0n) is 37.6. The van der Waals surface area contributed by atoms with Crippen LogP contribution >= 0.6 is 0 Å². The van der Waals surface area contributed by atoms with Crippen LogP contribution in [0.2, 0.25) is 0 Å². The SMILES string of the molecule is CC(C)(C)OC(=O)N1CC[C@H](CO)C1.COC(=O)[C@H]1CC(=O)N([C@@H](C)c2ccccc2)C1.C[C@@H](N)c1ccccc1.C[C@@H](c1ccccc1)N1CC[C@H](CO)C1.F.F.FF.FF.FF. The van der Waals surface area contributed by atoms with Crippen LogP contribution in [0, 0.1) is 17.8 Å². The van der Waals surface area contributed by atoms with Gasteiger partial charge in [-0.25, -0.2) is 4.79 Å². The van der Waals surface area contributed by atoms with Crippen LogP contribution in [0.15, 0.2) is 91.0 Å². The van der Waals surface area contributed by atoms with Gasteiger partial charge in [0.25, 0.3) is 0 Å². The molecule has 0 radical (unpaired) electrons. The molecule has 3 aliphatic heterocycles. The highest BCUT2D eigenvalue weighted by atomic mass is 20.0. The molecule has 0 bridgehead atoms. The van der Waals surface area contributed by atoms with E-state index in [1.54, 1.807) is 9.80 Å². The first-order chi connectivity index (χ1) is 29.7. The molecule has 11 nitrogen and oxygen atoms in total. The second kappa shape index (κ2) is 35.5. The molecule has 366 valence electrons. The normalized spacial score (nSPS) is 18.6.